The summed E-state index contributed by atoms with van der Waals surface area (Å²) in [5.41, 5.74) is 3.30. The number of rotatable bonds is 6. The van der Waals surface area contributed by atoms with Crippen LogP contribution in [0, 0.1) is 0 Å². The quantitative estimate of drug-likeness (QED) is 0.519. The van der Waals surface area contributed by atoms with Crippen LogP contribution in [0.3, 0.4) is 0 Å². The van der Waals surface area contributed by atoms with Crippen LogP contribution in [0.4, 0.5) is 0 Å². The number of aromatic nitrogens is 1. The average molecular weight is 329 g/mol. The maximum Gasteiger partial charge on any atom is 0.163 e. The largest absolute Gasteiger partial charge is 0.485 e. The number of hydrogen-bond donors (Lipinski definition) is 1. The van der Waals surface area contributed by atoms with E-state index in [9.17, 15) is 0 Å². The third kappa shape index (κ3) is 3.66. The molecule has 0 fully saturated rings. The van der Waals surface area contributed by atoms with Crippen molar-refractivity contribution in [2.45, 2.75) is 13.2 Å². The van der Waals surface area contributed by atoms with Gasteiger partial charge in [-0.1, -0.05) is 60.7 Å². The Bertz CT molecular complexity index is 868. The minimum Gasteiger partial charge on any atom is -0.485 e. The Morgan fingerprint density at radius 2 is 1.20 bits per heavy atom. The first kappa shape index (κ1) is 15.3. The predicted molar refractivity (Wildman–Crippen MR) is 99.8 cm³/mol. The number of fused-ring (bicyclic) bond motifs is 1. The Morgan fingerprint density at radius 1 is 0.640 bits per heavy atom. The second kappa shape index (κ2) is 7.14. The summed E-state index contributed by atoms with van der Waals surface area (Å²) in [7, 11) is 0. The molecule has 0 aliphatic carbocycles. The second-order valence-electron chi connectivity index (χ2n) is 5.91. The Labute approximate surface area is 146 Å². The number of ether oxygens (including phenoxy) is 2. The van der Waals surface area contributed by atoms with Crippen LogP contribution in [0.25, 0.3) is 10.9 Å². The summed E-state index contributed by atoms with van der Waals surface area (Å²) >= 11 is 0. The lowest BCUT2D eigenvalue weighted by molar-refractivity contribution is 0.256. The van der Waals surface area contributed by atoms with Gasteiger partial charge in [0.25, 0.3) is 0 Å². The molecule has 1 aromatic heterocycles. The minimum absolute atomic E-state index is 0.509. The lowest BCUT2D eigenvalue weighted by Gasteiger charge is -2.13. The zero-order chi connectivity index (χ0) is 16.9. The molecule has 0 amide bonds. The topological polar surface area (TPSA) is 34.2 Å². The molecule has 0 bridgehead atoms. The van der Waals surface area contributed by atoms with Gasteiger partial charge < -0.3 is 14.5 Å². The highest BCUT2D eigenvalue weighted by molar-refractivity contribution is 5.83. The summed E-state index contributed by atoms with van der Waals surface area (Å²) in [5.74, 6) is 1.50. The Morgan fingerprint density at radius 3 is 1.80 bits per heavy atom. The summed E-state index contributed by atoms with van der Waals surface area (Å²) in [6.45, 7) is 1.02. The van der Waals surface area contributed by atoms with Gasteiger partial charge in [-0.25, -0.2) is 0 Å². The smallest absolute Gasteiger partial charge is 0.163 e. The molecule has 25 heavy (non-hydrogen) atoms. The van der Waals surface area contributed by atoms with Crippen LogP contribution < -0.4 is 9.47 Å². The molecule has 0 aliphatic heterocycles. The fourth-order valence-electron chi connectivity index (χ4n) is 2.76. The van der Waals surface area contributed by atoms with Crippen molar-refractivity contribution in [1.29, 1.82) is 0 Å². The first-order valence-corrected chi connectivity index (χ1v) is 8.33. The van der Waals surface area contributed by atoms with E-state index >= 15 is 0 Å². The number of hydrogen-bond acceptors (Lipinski definition) is 2. The second-order valence-corrected chi connectivity index (χ2v) is 5.91. The molecule has 4 rings (SSSR count). The monoisotopic (exact) mass is 329 g/mol. The molecule has 1 heterocycles. The van der Waals surface area contributed by atoms with Gasteiger partial charge in [0.1, 0.15) is 13.2 Å². The van der Waals surface area contributed by atoms with Crippen LogP contribution >= 0.6 is 0 Å². The first-order valence-electron chi connectivity index (χ1n) is 8.33. The van der Waals surface area contributed by atoms with E-state index in [4.69, 9.17) is 9.47 Å². The third-order valence-electron chi connectivity index (χ3n) is 4.09. The summed E-state index contributed by atoms with van der Waals surface area (Å²) in [6, 6.07) is 26.3. The molecule has 0 saturated carbocycles. The molecule has 0 unspecified atom stereocenters. The molecule has 0 radical (unpaired) electrons. The molecule has 0 aliphatic rings. The highest BCUT2D eigenvalue weighted by Gasteiger charge is 2.09. The normalized spacial score (nSPS) is 10.7. The highest BCUT2D eigenvalue weighted by Crippen LogP contribution is 2.33. The maximum atomic E-state index is 6.05. The van der Waals surface area contributed by atoms with Gasteiger partial charge in [0, 0.05) is 23.2 Å². The van der Waals surface area contributed by atoms with Gasteiger partial charge in [-0.3, -0.25) is 0 Å². The van der Waals surface area contributed by atoms with Crippen molar-refractivity contribution >= 4 is 10.9 Å². The summed E-state index contributed by atoms with van der Waals surface area (Å²) in [6.07, 6.45) is 1.92. The average Bonchev–Trinajstić information content (AvgIpc) is 3.13. The maximum absolute atomic E-state index is 6.05. The van der Waals surface area contributed by atoms with E-state index in [1.165, 1.54) is 0 Å². The van der Waals surface area contributed by atoms with Crippen molar-refractivity contribution in [1.82, 2.24) is 4.98 Å². The van der Waals surface area contributed by atoms with E-state index in [1.54, 1.807) is 0 Å². The van der Waals surface area contributed by atoms with Crippen molar-refractivity contribution in [2.24, 2.45) is 0 Å². The van der Waals surface area contributed by atoms with Crippen molar-refractivity contribution in [3.05, 3.63) is 96.2 Å². The lowest BCUT2D eigenvalue weighted by atomic mass is 10.2. The minimum atomic E-state index is 0.509. The van der Waals surface area contributed by atoms with Gasteiger partial charge in [-0.2, -0.15) is 0 Å². The molecular weight excluding hydrogens is 310 g/mol. The van der Waals surface area contributed by atoms with Gasteiger partial charge in [-0.05, 0) is 23.3 Å². The SMILES string of the molecule is c1ccc(COc2cc3cc[nH]c3cc2OCc2ccccc2)cc1. The van der Waals surface area contributed by atoms with Crippen LogP contribution in [-0.2, 0) is 13.2 Å². The van der Waals surface area contributed by atoms with Gasteiger partial charge in [0.05, 0.1) is 0 Å². The van der Waals surface area contributed by atoms with E-state index < -0.39 is 0 Å². The molecule has 3 nitrogen and oxygen atoms in total. The highest BCUT2D eigenvalue weighted by atomic mass is 16.5. The molecule has 3 aromatic carbocycles. The van der Waals surface area contributed by atoms with Crippen molar-refractivity contribution in [2.75, 3.05) is 0 Å². The molecule has 3 heteroatoms. The van der Waals surface area contributed by atoms with Crippen molar-refractivity contribution in [3.8, 4) is 11.5 Å². The van der Waals surface area contributed by atoms with E-state index in [-0.39, 0.29) is 0 Å². The molecular formula is C22H19NO2. The van der Waals surface area contributed by atoms with E-state index in [0.29, 0.717) is 13.2 Å². The van der Waals surface area contributed by atoms with E-state index in [1.807, 2.05) is 60.8 Å². The predicted octanol–water partition coefficient (Wildman–Crippen LogP) is 5.33. The van der Waals surface area contributed by atoms with Crippen LogP contribution in [0.1, 0.15) is 11.1 Å². The fraction of sp³-hybridized carbons (Fsp3) is 0.0909. The van der Waals surface area contributed by atoms with Crippen LogP contribution in [0.15, 0.2) is 85.1 Å². The summed E-state index contributed by atoms with van der Waals surface area (Å²) in [5, 5.41) is 1.11. The summed E-state index contributed by atoms with van der Waals surface area (Å²) < 4.78 is 12.1. The van der Waals surface area contributed by atoms with Gasteiger partial charge in [-0.15, -0.1) is 0 Å². The van der Waals surface area contributed by atoms with Gasteiger partial charge >= 0.3 is 0 Å². The number of aromatic amines is 1. The molecule has 0 saturated heterocycles. The number of nitrogens with one attached hydrogen (secondary N) is 1. The van der Waals surface area contributed by atoms with Crippen molar-refractivity contribution < 1.29 is 9.47 Å². The molecule has 0 spiro atoms. The first-order chi connectivity index (χ1) is 12.4. The van der Waals surface area contributed by atoms with Crippen LogP contribution in [0.5, 0.6) is 11.5 Å². The van der Waals surface area contributed by atoms with E-state index in [0.717, 1.165) is 33.5 Å². The van der Waals surface area contributed by atoms with Crippen molar-refractivity contribution in [3.63, 3.8) is 0 Å². The molecule has 4 aromatic rings. The number of benzene rings is 3. The van der Waals surface area contributed by atoms with Gasteiger partial charge in [0.15, 0.2) is 11.5 Å². The Balaban J connectivity index is 1.57. The Kier molecular flexibility index (Phi) is 4.38. The zero-order valence-corrected chi connectivity index (χ0v) is 13.8. The molecule has 0 atom stereocenters. The summed E-state index contributed by atoms with van der Waals surface area (Å²) in [4.78, 5) is 3.22. The Hall–Kier alpha value is -3.20. The fourth-order valence-corrected chi connectivity index (χ4v) is 2.76. The van der Waals surface area contributed by atoms with E-state index in [2.05, 4.69) is 29.2 Å². The zero-order valence-electron chi connectivity index (χ0n) is 13.8. The van der Waals surface area contributed by atoms with Gasteiger partial charge in [0.2, 0.25) is 0 Å². The van der Waals surface area contributed by atoms with Crippen LogP contribution in [-0.4, -0.2) is 4.98 Å². The molecule has 124 valence electrons. The van der Waals surface area contributed by atoms with Crippen LogP contribution in [0.2, 0.25) is 0 Å². The lowest BCUT2D eigenvalue weighted by Crippen LogP contribution is -2.00. The third-order valence-corrected chi connectivity index (χ3v) is 4.09. The standard InChI is InChI=1S/C22H19NO2/c1-3-7-17(8-4-1)15-24-21-13-19-11-12-23-20(19)14-22(21)25-16-18-9-5-2-6-10-18/h1-14,23H,15-16H2. The number of H-pyrrole nitrogens is 1. The molecule has 1 N–H and O–H groups in total.